The number of allylic oxidation sites excluding steroid dienone is 4. The van der Waals surface area contributed by atoms with E-state index in [0.717, 1.165) is 89.0 Å². The fourth-order valence-corrected chi connectivity index (χ4v) is 7.82. The summed E-state index contributed by atoms with van der Waals surface area (Å²) in [6, 6.07) is 52.6. The van der Waals surface area contributed by atoms with E-state index in [4.69, 9.17) is 26.4 Å². The second-order valence-corrected chi connectivity index (χ2v) is 13.9. The first-order valence-electron chi connectivity index (χ1n) is 18.8. The molecule has 10 rings (SSSR count). The van der Waals surface area contributed by atoms with Gasteiger partial charge in [-0.15, -0.1) is 6.42 Å². The monoisotopic (exact) mass is 730 g/mol. The standard InChI is InChI=1S/C51H34N6/c1-3-4-7-16-34(2)43-29-25-36(32-52-43)45-31-46(37-26-30-44(53-33-37)35-17-8-5-9-18-35)55-51(54-45)57-48-24-15-13-22-40(48)42-28-27-41-39-21-12-14-23-47(39)56(49(41)50(42)57)38-19-10-6-11-20-38/h1,4-33H,2H3/b7-4-,34-16+. The summed E-state index contributed by atoms with van der Waals surface area (Å²) in [4.78, 5) is 20.5. The number of para-hydroxylation sites is 3. The molecule has 0 saturated heterocycles. The maximum absolute atomic E-state index is 5.41. The molecule has 0 aliphatic heterocycles. The van der Waals surface area contributed by atoms with Gasteiger partial charge in [-0.25, -0.2) is 9.97 Å². The summed E-state index contributed by atoms with van der Waals surface area (Å²) < 4.78 is 4.60. The Morgan fingerprint density at radius 2 is 1.12 bits per heavy atom. The Labute approximate surface area is 329 Å². The maximum atomic E-state index is 5.41. The minimum atomic E-state index is 0.553. The van der Waals surface area contributed by atoms with Crippen molar-refractivity contribution in [1.29, 1.82) is 0 Å². The van der Waals surface area contributed by atoms with E-state index in [1.165, 1.54) is 5.39 Å². The van der Waals surface area contributed by atoms with Gasteiger partial charge in [0.15, 0.2) is 0 Å². The van der Waals surface area contributed by atoms with Crippen LogP contribution in [0, 0.1) is 12.3 Å². The average molecular weight is 731 g/mol. The summed E-state index contributed by atoms with van der Waals surface area (Å²) in [6.07, 6.45) is 14.7. The van der Waals surface area contributed by atoms with Crippen molar-refractivity contribution in [2.24, 2.45) is 0 Å². The predicted molar refractivity (Wildman–Crippen MR) is 234 cm³/mol. The highest BCUT2D eigenvalue weighted by atomic mass is 15.2. The molecule has 0 atom stereocenters. The van der Waals surface area contributed by atoms with Gasteiger partial charge in [0.05, 0.1) is 44.8 Å². The third kappa shape index (κ3) is 5.86. The van der Waals surface area contributed by atoms with Gasteiger partial charge in [0.1, 0.15) is 0 Å². The second kappa shape index (κ2) is 14.1. The lowest BCUT2D eigenvalue weighted by atomic mass is 10.1. The Bertz CT molecular complexity index is 3220. The molecule has 0 saturated carbocycles. The van der Waals surface area contributed by atoms with Crippen LogP contribution in [0.2, 0.25) is 0 Å². The van der Waals surface area contributed by atoms with Gasteiger partial charge in [0.2, 0.25) is 5.95 Å². The van der Waals surface area contributed by atoms with Crippen LogP contribution in [-0.4, -0.2) is 29.1 Å². The van der Waals surface area contributed by atoms with Gasteiger partial charge in [-0.2, -0.15) is 0 Å². The largest absolute Gasteiger partial charge is 0.307 e. The Hall–Kier alpha value is -7.88. The molecule has 0 amide bonds. The van der Waals surface area contributed by atoms with Crippen LogP contribution in [0.1, 0.15) is 12.6 Å². The molecule has 268 valence electrons. The van der Waals surface area contributed by atoms with E-state index in [-0.39, 0.29) is 0 Å². The van der Waals surface area contributed by atoms with Gasteiger partial charge < -0.3 is 4.57 Å². The topological polar surface area (TPSA) is 61.4 Å². The van der Waals surface area contributed by atoms with Gasteiger partial charge >= 0.3 is 0 Å². The SMILES string of the molecule is C#C/C=C\C=C(/C)c1ccc(-c2cc(-c3ccc(-c4ccccc4)nc3)nc(-n3c4ccccc4c4ccc5c6ccccc6n(-c6ccccc6)c5c43)n2)cn1. The first-order chi connectivity index (χ1) is 28.2. The molecule has 0 aliphatic carbocycles. The molecule has 57 heavy (non-hydrogen) atoms. The highest BCUT2D eigenvalue weighted by molar-refractivity contribution is 6.23. The Kier molecular flexibility index (Phi) is 8.32. The second-order valence-electron chi connectivity index (χ2n) is 13.9. The number of rotatable bonds is 7. The van der Waals surface area contributed by atoms with Crippen LogP contribution in [0.25, 0.3) is 94.6 Å². The lowest BCUT2D eigenvalue weighted by Crippen LogP contribution is -2.05. The van der Waals surface area contributed by atoms with Crippen molar-refractivity contribution in [3.05, 3.63) is 188 Å². The van der Waals surface area contributed by atoms with Crippen molar-refractivity contribution < 1.29 is 0 Å². The normalized spacial score (nSPS) is 12.0. The number of aromatic nitrogens is 6. The third-order valence-corrected chi connectivity index (χ3v) is 10.5. The lowest BCUT2D eigenvalue weighted by Gasteiger charge is -2.14. The van der Waals surface area contributed by atoms with Crippen molar-refractivity contribution >= 4 is 49.2 Å². The van der Waals surface area contributed by atoms with Crippen LogP contribution in [-0.2, 0) is 0 Å². The number of benzene rings is 5. The summed E-state index contributed by atoms with van der Waals surface area (Å²) in [6.45, 7) is 2.02. The van der Waals surface area contributed by atoms with Crippen LogP contribution < -0.4 is 0 Å². The van der Waals surface area contributed by atoms with E-state index in [1.807, 2.05) is 61.8 Å². The minimum Gasteiger partial charge on any atom is -0.307 e. The number of nitrogens with zero attached hydrogens (tertiary/aromatic N) is 6. The average Bonchev–Trinajstić information content (AvgIpc) is 3.80. The van der Waals surface area contributed by atoms with E-state index < -0.39 is 0 Å². The molecule has 0 aliphatic rings. The summed E-state index contributed by atoms with van der Waals surface area (Å²) in [5.74, 6) is 3.09. The Morgan fingerprint density at radius 3 is 1.74 bits per heavy atom. The summed E-state index contributed by atoms with van der Waals surface area (Å²) in [5.41, 5.74) is 12.4. The quantitative estimate of drug-likeness (QED) is 0.121. The van der Waals surface area contributed by atoms with Crippen molar-refractivity contribution in [2.45, 2.75) is 6.92 Å². The van der Waals surface area contributed by atoms with Crippen molar-refractivity contribution in [1.82, 2.24) is 29.1 Å². The van der Waals surface area contributed by atoms with Gasteiger partial charge in [-0.1, -0.05) is 115 Å². The zero-order valence-corrected chi connectivity index (χ0v) is 31.1. The number of terminal acetylenes is 1. The van der Waals surface area contributed by atoms with Gasteiger partial charge in [0.25, 0.3) is 0 Å². The van der Waals surface area contributed by atoms with Crippen LogP contribution in [0.15, 0.2) is 182 Å². The van der Waals surface area contributed by atoms with Crippen molar-refractivity contribution in [3.63, 3.8) is 0 Å². The van der Waals surface area contributed by atoms with Crippen molar-refractivity contribution in [2.75, 3.05) is 0 Å². The minimum absolute atomic E-state index is 0.553. The molecule has 10 aromatic rings. The zero-order chi connectivity index (χ0) is 38.3. The smallest absolute Gasteiger partial charge is 0.235 e. The first-order valence-corrected chi connectivity index (χ1v) is 18.8. The van der Waals surface area contributed by atoms with E-state index in [2.05, 4.69) is 136 Å². The van der Waals surface area contributed by atoms with Crippen LogP contribution in [0.3, 0.4) is 0 Å². The fraction of sp³-hybridized carbons (Fsp3) is 0.0196. The van der Waals surface area contributed by atoms with Crippen LogP contribution in [0.4, 0.5) is 0 Å². The van der Waals surface area contributed by atoms with Crippen molar-refractivity contribution in [3.8, 4) is 57.8 Å². The summed E-state index contributed by atoms with van der Waals surface area (Å²) >= 11 is 0. The molecular weight excluding hydrogens is 697 g/mol. The molecule has 0 bridgehead atoms. The maximum Gasteiger partial charge on any atom is 0.235 e. The molecule has 0 N–H and O–H groups in total. The Balaban J connectivity index is 1.25. The van der Waals surface area contributed by atoms with E-state index in [1.54, 1.807) is 6.08 Å². The third-order valence-electron chi connectivity index (χ3n) is 10.5. The molecule has 0 radical (unpaired) electrons. The number of fused-ring (bicyclic) bond motifs is 7. The molecule has 0 fully saturated rings. The predicted octanol–water partition coefficient (Wildman–Crippen LogP) is 12.1. The number of hydrogen-bond donors (Lipinski definition) is 0. The molecule has 0 unspecified atom stereocenters. The van der Waals surface area contributed by atoms with E-state index in [0.29, 0.717) is 5.95 Å². The zero-order valence-electron chi connectivity index (χ0n) is 31.1. The molecule has 6 heteroatoms. The first kappa shape index (κ1) is 33.7. The molecule has 5 aromatic carbocycles. The van der Waals surface area contributed by atoms with E-state index in [9.17, 15) is 0 Å². The Morgan fingerprint density at radius 1 is 0.544 bits per heavy atom. The fourth-order valence-electron chi connectivity index (χ4n) is 7.82. The molecule has 6 nitrogen and oxygen atoms in total. The summed E-state index contributed by atoms with van der Waals surface area (Å²) in [5, 5.41) is 4.58. The summed E-state index contributed by atoms with van der Waals surface area (Å²) in [7, 11) is 0. The van der Waals surface area contributed by atoms with Crippen LogP contribution >= 0.6 is 0 Å². The van der Waals surface area contributed by atoms with Gasteiger partial charge in [0, 0.05) is 56.3 Å². The molecule has 0 spiro atoms. The van der Waals surface area contributed by atoms with E-state index >= 15 is 0 Å². The number of pyridine rings is 2. The van der Waals surface area contributed by atoms with Gasteiger partial charge in [-0.05, 0) is 73.2 Å². The van der Waals surface area contributed by atoms with Crippen LogP contribution in [0.5, 0.6) is 0 Å². The highest BCUT2D eigenvalue weighted by Crippen LogP contribution is 2.41. The lowest BCUT2D eigenvalue weighted by molar-refractivity contribution is 0.993. The van der Waals surface area contributed by atoms with Gasteiger partial charge in [-0.3, -0.25) is 14.5 Å². The number of hydrogen-bond acceptors (Lipinski definition) is 4. The molecular formula is C51H34N6. The molecule has 5 heterocycles. The highest BCUT2D eigenvalue weighted by Gasteiger charge is 2.23. The molecule has 5 aromatic heterocycles.